The second-order valence-corrected chi connectivity index (χ2v) is 5.53. The van der Waals surface area contributed by atoms with Crippen LogP contribution in [0.15, 0.2) is 24.3 Å². The molecule has 1 aromatic rings. The smallest absolute Gasteiger partial charge is 0.242 e. The van der Waals surface area contributed by atoms with Gasteiger partial charge in [-0.3, -0.25) is 4.79 Å². The third-order valence-corrected chi connectivity index (χ3v) is 3.93. The minimum Gasteiger partial charge on any atom is -0.386 e. The van der Waals surface area contributed by atoms with Crippen LogP contribution in [0.25, 0.3) is 0 Å². The molecule has 1 fully saturated rings. The second kappa shape index (κ2) is 9.08. The summed E-state index contributed by atoms with van der Waals surface area (Å²) in [5.74, 6) is -0.00288. The lowest BCUT2D eigenvalue weighted by Gasteiger charge is -2.33. The molecule has 0 unspecified atom stereocenters. The highest BCUT2D eigenvalue weighted by atomic mass is 35.5. The number of nitrogens with two attached hydrogens (primary N) is 1. The van der Waals surface area contributed by atoms with Crippen molar-refractivity contribution in [3.63, 3.8) is 0 Å². The average Bonchev–Trinajstić information content (AvgIpc) is 2.46. The van der Waals surface area contributed by atoms with E-state index in [1.807, 2.05) is 0 Å². The standard InChI is InChI=1S/C15H21FN2O2.CH4.ClH/c1-10-6-8-18(9-7-10)15(20)13(17)14(19)11-2-4-12(16)5-3-11;;/h2-5,10,13-14,19H,6-9,17H2,1H3;1H4;1H/t13-,14+;;/m1../s1. The fraction of sp³-hybridized carbons (Fsp3) is 0.562. The molecule has 0 radical (unpaired) electrons. The van der Waals surface area contributed by atoms with Gasteiger partial charge in [0.15, 0.2) is 0 Å². The zero-order valence-electron chi connectivity index (χ0n) is 12.0. The lowest BCUT2D eigenvalue weighted by Crippen LogP contribution is -2.49. The van der Waals surface area contributed by atoms with Gasteiger partial charge in [0.2, 0.25) is 5.91 Å². The second-order valence-electron chi connectivity index (χ2n) is 5.53. The van der Waals surface area contributed by atoms with Crippen LogP contribution in [0, 0.1) is 11.7 Å². The molecule has 1 aliphatic heterocycles. The zero-order valence-corrected chi connectivity index (χ0v) is 12.9. The number of carbonyl (C=O) groups is 1. The minimum atomic E-state index is -1.11. The normalized spacial score (nSPS) is 17.9. The third-order valence-electron chi connectivity index (χ3n) is 3.93. The molecule has 0 aliphatic carbocycles. The van der Waals surface area contributed by atoms with Gasteiger partial charge in [0.25, 0.3) is 0 Å². The van der Waals surface area contributed by atoms with E-state index < -0.39 is 12.1 Å². The number of nitrogens with zero attached hydrogens (tertiary/aromatic N) is 1. The van der Waals surface area contributed by atoms with Crippen molar-refractivity contribution in [2.75, 3.05) is 13.1 Å². The SMILES string of the molecule is C.CC1CCN(C(=O)[C@H](N)[C@@H](O)c2ccc(F)cc2)CC1.Cl. The first-order chi connectivity index (χ1) is 9.49. The number of likely N-dealkylation sites (tertiary alicyclic amines) is 1. The molecule has 126 valence electrons. The van der Waals surface area contributed by atoms with Crippen LogP contribution in [0.3, 0.4) is 0 Å². The van der Waals surface area contributed by atoms with Crippen LogP contribution in [-0.4, -0.2) is 35.0 Å². The van der Waals surface area contributed by atoms with Crippen molar-refractivity contribution in [3.8, 4) is 0 Å². The molecule has 1 aliphatic rings. The number of aliphatic hydroxyl groups is 1. The summed E-state index contributed by atoms with van der Waals surface area (Å²) in [7, 11) is 0. The van der Waals surface area contributed by atoms with E-state index in [1.54, 1.807) is 4.90 Å². The first kappa shape index (κ1) is 20.8. The highest BCUT2D eigenvalue weighted by molar-refractivity contribution is 5.85. The fourth-order valence-corrected chi connectivity index (χ4v) is 2.44. The molecule has 1 amide bonds. The van der Waals surface area contributed by atoms with E-state index in [0.29, 0.717) is 24.6 Å². The molecule has 0 aromatic heterocycles. The van der Waals surface area contributed by atoms with E-state index in [9.17, 15) is 14.3 Å². The van der Waals surface area contributed by atoms with Gasteiger partial charge in [-0.1, -0.05) is 26.5 Å². The summed E-state index contributed by atoms with van der Waals surface area (Å²) in [4.78, 5) is 14.0. The van der Waals surface area contributed by atoms with Gasteiger partial charge in [-0.15, -0.1) is 12.4 Å². The maximum absolute atomic E-state index is 12.8. The summed E-state index contributed by atoms with van der Waals surface area (Å²) >= 11 is 0. The highest BCUT2D eigenvalue weighted by Crippen LogP contribution is 2.21. The Morgan fingerprint density at radius 3 is 2.32 bits per heavy atom. The maximum Gasteiger partial charge on any atom is 0.242 e. The monoisotopic (exact) mass is 332 g/mol. The highest BCUT2D eigenvalue weighted by Gasteiger charge is 2.30. The van der Waals surface area contributed by atoms with E-state index in [2.05, 4.69) is 6.92 Å². The van der Waals surface area contributed by atoms with Gasteiger partial charge in [-0.2, -0.15) is 0 Å². The van der Waals surface area contributed by atoms with Crippen molar-refractivity contribution >= 4 is 18.3 Å². The number of halogens is 2. The van der Waals surface area contributed by atoms with Crippen LogP contribution in [0.2, 0.25) is 0 Å². The molecular weight excluding hydrogens is 307 g/mol. The number of piperidine rings is 1. The van der Waals surface area contributed by atoms with Crippen molar-refractivity contribution in [2.24, 2.45) is 11.7 Å². The Labute approximate surface area is 137 Å². The molecule has 4 nitrogen and oxygen atoms in total. The van der Waals surface area contributed by atoms with Gasteiger partial charge >= 0.3 is 0 Å². The third kappa shape index (κ3) is 4.93. The van der Waals surface area contributed by atoms with E-state index in [-0.39, 0.29) is 31.6 Å². The van der Waals surface area contributed by atoms with Crippen molar-refractivity contribution in [3.05, 3.63) is 35.6 Å². The molecule has 1 saturated heterocycles. The minimum absolute atomic E-state index is 0. The molecule has 2 rings (SSSR count). The fourth-order valence-electron chi connectivity index (χ4n) is 2.44. The van der Waals surface area contributed by atoms with Gasteiger partial charge in [0.1, 0.15) is 18.0 Å². The van der Waals surface area contributed by atoms with Gasteiger partial charge in [-0.05, 0) is 36.5 Å². The van der Waals surface area contributed by atoms with Crippen LogP contribution < -0.4 is 5.73 Å². The van der Waals surface area contributed by atoms with E-state index in [4.69, 9.17) is 5.73 Å². The van der Waals surface area contributed by atoms with Crippen LogP contribution in [0.1, 0.15) is 38.9 Å². The molecular formula is C16H26ClFN2O2. The number of carbonyl (C=O) groups excluding carboxylic acids is 1. The largest absolute Gasteiger partial charge is 0.386 e. The molecule has 22 heavy (non-hydrogen) atoms. The topological polar surface area (TPSA) is 66.6 Å². The Morgan fingerprint density at radius 2 is 1.82 bits per heavy atom. The number of hydrogen-bond donors (Lipinski definition) is 2. The molecule has 3 N–H and O–H groups in total. The Morgan fingerprint density at radius 1 is 1.32 bits per heavy atom. The summed E-state index contributed by atoms with van der Waals surface area (Å²) in [6.07, 6.45) is 0.818. The number of hydrogen-bond acceptors (Lipinski definition) is 3. The maximum atomic E-state index is 12.8. The van der Waals surface area contributed by atoms with Gasteiger partial charge in [0, 0.05) is 13.1 Å². The predicted molar refractivity (Wildman–Crippen MR) is 88.3 cm³/mol. The summed E-state index contributed by atoms with van der Waals surface area (Å²) in [5.41, 5.74) is 6.32. The van der Waals surface area contributed by atoms with Gasteiger partial charge < -0.3 is 15.7 Å². The summed E-state index contributed by atoms with van der Waals surface area (Å²) in [5, 5.41) is 10.1. The van der Waals surface area contributed by atoms with Crippen molar-refractivity contribution in [1.29, 1.82) is 0 Å². The number of aliphatic hydroxyl groups excluding tert-OH is 1. The molecule has 0 spiro atoms. The first-order valence-electron chi connectivity index (χ1n) is 6.97. The van der Waals surface area contributed by atoms with Gasteiger partial charge in [-0.25, -0.2) is 4.39 Å². The predicted octanol–water partition coefficient (Wildman–Crippen LogP) is 2.50. The Hall–Kier alpha value is -1.17. The molecule has 1 aromatic carbocycles. The number of amides is 1. The molecule has 1 heterocycles. The first-order valence-corrected chi connectivity index (χ1v) is 6.97. The molecule has 0 bridgehead atoms. The lowest BCUT2D eigenvalue weighted by atomic mass is 9.97. The summed E-state index contributed by atoms with van der Waals surface area (Å²) in [6.45, 7) is 3.53. The summed E-state index contributed by atoms with van der Waals surface area (Å²) < 4.78 is 12.8. The van der Waals surface area contributed by atoms with E-state index >= 15 is 0 Å². The average molecular weight is 333 g/mol. The van der Waals surface area contributed by atoms with Gasteiger partial charge in [0.05, 0.1) is 0 Å². The Balaban J connectivity index is 0.00000220. The van der Waals surface area contributed by atoms with Crippen LogP contribution in [-0.2, 0) is 4.79 Å². The summed E-state index contributed by atoms with van der Waals surface area (Å²) in [6, 6.07) is 4.39. The van der Waals surface area contributed by atoms with Crippen molar-refractivity contribution in [1.82, 2.24) is 4.90 Å². The number of rotatable bonds is 3. The lowest BCUT2D eigenvalue weighted by molar-refractivity contribution is -0.136. The van der Waals surface area contributed by atoms with Crippen molar-refractivity contribution in [2.45, 2.75) is 39.3 Å². The van der Waals surface area contributed by atoms with Crippen LogP contribution >= 0.6 is 12.4 Å². The van der Waals surface area contributed by atoms with Crippen molar-refractivity contribution < 1.29 is 14.3 Å². The number of benzene rings is 1. The van der Waals surface area contributed by atoms with Crippen LogP contribution in [0.4, 0.5) is 4.39 Å². The van der Waals surface area contributed by atoms with E-state index in [1.165, 1.54) is 24.3 Å². The quantitative estimate of drug-likeness (QED) is 0.893. The van der Waals surface area contributed by atoms with E-state index in [0.717, 1.165) is 12.8 Å². The van der Waals surface area contributed by atoms with Crippen LogP contribution in [0.5, 0.6) is 0 Å². The molecule has 2 atom stereocenters. The Bertz CT molecular complexity index is 462. The zero-order chi connectivity index (χ0) is 14.7. The Kier molecular flexibility index (Phi) is 8.60. The molecule has 6 heteroatoms. The molecule has 0 saturated carbocycles.